The normalized spacial score (nSPS) is 17.5. The van der Waals surface area contributed by atoms with E-state index in [4.69, 9.17) is 6.42 Å². The van der Waals surface area contributed by atoms with E-state index in [1.165, 1.54) is 0 Å². The molecule has 0 bridgehead atoms. The lowest BCUT2D eigenvalue weighted by Gasteiger charge is -2.42. The quantitative estimate of drug-likeness (QED) is 0.651. The summed E-state index contributed by atoms with van der Waals surface area (Å²) in [6, 6.07) is 0.457. The van der Waals surface area contributed by atoms with Crippen molar-refractivity contribution in [3.63, 3.8) is 0 Å². The van der Waals surface area contributed by atoms with Crippen LogP contribution in [0.3, 0.4) is 0 Å². The first-order chi connectivity index (χ1) is 6.52. The molecular weight excluding hydrogens is 172 g/mol. The van der Waals surface area contributed by atoms with Crippen molar-refractivity contribution >= 4 is 0 Å². The lowest BCUT2D eigenvalue weighted by molar-refractivity contribution is 0.113. The van der Waals surface area contributed by atoms with Crippen LogP contribution >= 0.6 is 0 Å². The summed E-state index contributed by atoms with van der Waals surface area (Å²) in [4.78, 5) is 2.28. The zero-order valence-corrected chi connectivity index (χ0v) is 10.2. The Bertz CT molecular complexity index is 193. The molecule has 0 fully saturated rings. The predicted molar refractivity (Wildman–Crippen MR) is 63.3 cm³/mol. The fourth-order valence-electron chi connectivity index (χ4n) is 1.87. The first kappa shape index (κ1) is 13.5. The van der Waals surface area contributed by atoms with E-state index >= 15 is 0 Å². The van der Waals surface area contributed by atoms with Gasteiger partial charge in [-0.1, -0.05) is 6.92 Å². The fourth-order valence-corrected chi connectivity index (χ4v) is 1.87. The zero-order chi connectivity index (χ0) is 11.2. The van der Waals surface area contributed by atoms with Gasteiger partial charge in [-0.15, -0.1) is 12.3 Å². The molecule has 0 radical (unpaired) electrons. The highest BCUT2D eigenvalue weighted by Crippen LogP contribution is 2.23. The molecule has 0 aliphatic rings. The van der Waals surface area contributed by atoms with Crippen molar-refractivity contribution in [1.82, 2.24) is 10.2 Å². The summed E-state index contributed by atoms with van der Waals surface area (Å²) in [6.07, 6.45) is 8.30. The third kappa shape index (κ3) is 3.01. The van der Waals surface area contributed by atoms with Crippen molar-refractivity contribution in [2.24, 2.45) is 0 Å². The van der Waals surface area contributed by atoms with Gasteiger partial charge in [-0.05, 0) is 40.9 Å². The maximum atomic E-state index is 5.30. The highest BCUT2D eigenvalue weighted by atomic mass is 15.2. The van der Waals surface area contributed by atoms with Gasteiger partial charge >= 0.3 is 0 Å². The molecule has 0 aliphatic carbocycles. The van der Waals surface area contributed by atoms with Crippen LogP contribution in [-0.4, -0.2) is 37.6 Å². The first-order valence-electron chi connectivity index (χ1n) is 5.31. The van der Waals surface area contributed by atoms with E-state index in [2.05, 4.69) is 44.1 Å². The highest BCUT2D eigenvalue weighted by molar-refractivity contribution is 4.96. The van der Waals surface area contributed by atoms with Gasteiger partial charge in [-0.25, -0.2) is 0 Å². The summed E-state index contributed by atoms with van der Waals surface area (Å²) in [6.45, 7) is 4.50. The van der Waals surface area contributed by atoms with Gasteiger partial charge in [0.15, 0.2) is 0 Å². The molecule has 0 aromatic rings. The van der Waals surface area contributed by atoms with Crippen LogP contribution in [0.1, 0.15) is 33.1 Å². The summed E-state index contributed by atoms with van der Waals surface area (Å²) < 4.78 is 0. The molecule has 0 spiro atoms. The highest BCUT2D eigenvalue weighted by Gasteiger charge is 2.32. The fraction of sp³-hybridized carbons (Fsp3) is 0.833. The lowest BCUT2D eigenvalue weighted by Crippen LogP contribution is -2.55. The lowest BCUT2D eigenvalue weighted by atomic mass is 9.85. The molecule has 2 atom stereocenters. The molecule has 0 amide bonds. The summed E-state index contributed by atoms with van der Waals surface area (Å²) in [7, 11) is 6.27. The predicted octanol–water partition coefficient (Wildman–Crippen LogP) is 1.72. The minimum absolute atomic E-state index is 0.186. The molecular formula is C12H24N2. The van der Waals surface area contributed by atoms with Gasteiger partial charge in [0.2, 0.25) is 0 Å². The van der Waals surface area contributed by atoms with E-state index in [1.807, 2.05) is 7.05 Å². The van der Waals surface area contributed by atoms with Crippen LogP contribution in [0.25, 0.3) is 0 Å². The SMILES string of the molecule is C#CCCC(NC)C(C)(CC)N(C)C. The minimum atomic E-state index is 0.186. The molecule has 0 saturated carbocycles. The number of rotatable bonds is 6. The molecule has 1 N–H and O–H groups in total. The second kappa shape index (κ2) is 6.06. The molecule has 0 aliphatic heterocycles. The molecule has 14 heavy (non-hydrogen) atoms. The van der Waals surface area contributed by atoms with Gasteiger partial charge in [-0.3, -0.25) is 0 Å². The van der Waals surface area contributed by atoms with Gasteiger partial charge in [-0.2, -0.15) is 0 Å². The molecule has 82 valence electrons. The Morgan fingerprint density at radius 2 is 2.07 bits per heavy atom. The van der Waals surface area contributed by atoms with Crippen molar-refractivity contribution in [2.75, 3.05) is 21.1 Å². The summed E-state index contributed by atoms with van der Waals surface area (Å²) in [5, 5.41) is 3.37. The maximum Gasteiger partial charge on any atom is 0.0325 e. The van der Waals surface area contributed by atoms with Crippen LogP contribution in [0.4, 0.5) is 0 Å². The van der Waals surface area contributed by atoms with Gasteiger partial charge in [0.05, 0.1) is 0 Å². The molecule has 0 heterocycles. The van der Waals surface area contributed by atoms with Crippen molar-refractivity contribution in [1.29, 1.82) is 0 Å². The molecule has 0 saturated heterocycles. The molecule has 0 aromatic heterocycles. The van der Waals surface area contributed by atoms with E-state index in [0.29, 0.717) is 6.04 Å². The van der Waals surface area contributed by atoms with E-state index < -0.39 is 0 Å². The molecule has 2 heteroatoms. The van der Waals surface area contributed by atoms with E-state index in [1.54, 1.807) is 0 Å². The maximum absolute atomic E-state index is 5.30. The van der Waals surface area contributed by atoms with E-state index in [9.17, 15) is 0 Å². The number of nitrogens with zero attached hydrogens (tertiary/aromatic N) is 1. The van der Waals surface area contributed by atoms with Crippen molar-refractivity contribution in [3.8, 4) is 12.3 Å². The number of terminal acetylenes is 1. The largest absolute Gasteiger partial charge is 0.315 e. The monoisotopic (exact) mass is 196 g/mol. The Labute approximate surface area is 89.1 Å². The Hall–Kier alpha value is -0.520. The van der Waals surface area contributed by atoms with Crippen molar-refractivity contribution in [3.05, 3.63) is 0 Å². The number of nitrogens with one attached hydrogen (secondary N) is 1. The summed E-state index contributed by atoms with van der Waals surface area (Å²) in [5.41, 5.74) is 0.186. The van der Waals surface area contributed by atoms with Gasteiger partial charge in [0.25, 0.3) is 0 Å². The third-order valence-corrected chi connectivity index (χ3v) is 3.41. The van der Waals surface area contributed by atoms with Crippen LogP contribution < -0.4 is 5.32 Å². The van der Waals surface area contributed by atoms with Crippen LogP contribution in [-0.2, 0) is 0 Å². The molecule has 2 unspecified atom stereocenters. The Balaban J connectivity index is 4.52. The Kier molecular flexibility index (Phi) is 5.83. The smallest absolute Gasteiger partial charge is 0.0325 e. The topological polar surface area (TPSA) is 15.3 Å². The minimum Gasteiger partial charge on any atom is -0.315 e. The molecule has 0 aromatic carbocycles. The van der Waals surface area contributed by atoms with Gasteiger partial charge < -0.3 is 10.2 Å². The first-order valence-corrected chi connectivity index (χ1v) is 5.31. The van der Waals surface area contributed by atoms with Crippen molar-refractivity contribution in [2.45, 2.75) is 44.7 Å². The second-order valence-corrected chi connectivity index (χ2v) is 4.19. The zero-order valence-electron chi connectivity index (χ0n) is 10.2. The number of hydrogen-bond donors (Lipinski definition) is 1. The van der Waals surface area contributed by atoms with Crippen LogP contribution in [0, 0.1) is 12.3 Å². The Morgan fingerprint density at radius 3 is 2.36 bits per heavy atom. The van der Waals surface area contributed by atoms with E-state index in [0.717, 1.165) is 19.3 Å². The van der Waals surface area contributed by atoms with Crippen LogP contribution in [0.2, 0.25) is 0 Å². The Morgan fingerprint density at radius 1 is 1.50 bits per heavy atom. The summed E-state index contributed by atoms with van der Waals surface area (Å²) >= 11 is 0. The number of hydrogen-bond acceptors (Lipinski definition) is 2. The van der Waals surface area contributed by atoms with Gasteiger partial charge in [0.1, 0.15) is 0 Å². The average molecular weight is 196 g/mol. The van der Waals surface area contributed by atoms with Crippen molar-refractivity contribution < 1.29 is 0 Å². The molecule has 0 rings (SSSR count). The van der Waals surface area contributed by atoms with Gasteiger partial charge in [0, 0.05) is 18.0 Å². The second-order valence-electron chi connectivity index (χ2n) is 4.19. The standard InChI is InChI=1S/C12H24N2/c1-7-9-10-11(13-4)12(3,8-2)14(5)6/h1,11,13H,8-10H2,2-6H3. The number of likely N-dealkylation sites (N-methyl/N-ethyl adjacent to an activating group) is 2. The molecule has 2 nitrogen and oxygen atoms in total. The third-order valence-electron chi connectivity index (χ3n) is 3.41. The van der Waals surface area contributed by atoms with Crippen LogP contribution in [0.15, 0.2) is 0 Å². The average Bonchev–Trinajstić information content (AvgIpc) is 2.18. The van der Waals surface area contributed by atoms with Crippen LogP contribution in [0.5, 0.6) is 0 Å². The van der Waals surface area contributed by atoms with E-state index in [-0.39, 0.29) is 5.54 Å². The summed E-state index contributed by atoms with van der Waals surface area (Å²) in [5.74, 6) is 2.71.